The summed E-state index contributed by atoms with van der Waals surface area (Å²) >= 11 is 0. The Morgan fingerprint density at radius 1 is 1.17 bits per heavy atom. The minimum absolute atomic E-state index is 0. The maximum atomic E-state index is 6.18. The highest BCUT2D eigenvalue weighted by Crippen LogP contribution is 2.10. The van der Waals surface area contributed by atoms with Crippen LogP contribution in [0.15, 0.2) is 35.3 Å². The normalized spacial score (nSPS) is 17.5. The molecule has 1 aliphatic rings. The lowest BCUT2D eigenvalue weighted by atomic mass is 10.2. The molecular formula is C18H31IN4. The van der Waals surface area contributed by atoms with E-state index in [1.807, 2.05) is 0 Å². The fourth-order valence-electron chi connectivity index (χ4n) is 2.79. The van der Waals surface area contributed by atoms with Crippen LogP contribution in [0.25, 0.3) is 0 Å². The fraction of sp³-hybridized carbons (Fsp3) is 0.611. The molecule has 0 radical (unpaired) electrons. The Labute approximate surface area is 158 Å². The summed E-state index contributed by atoms with van der Waals surface area (Å²) in [6, 6.07) is 10.9. The van der Waals surface area contributed by atoms with Gasteiger partial charge in [0.15, 0.2) is 5.96 Å². The van der Waals surface area contributed by atoms with Gasteiger partial charge in [-0.2, -0.15) is 0 Å². The van der Waals surface area contributed by atoms with Gasteiger partial charge in [0.2, 0.25) is 0 Å². The third-order valence-electron chi connectivity index (χ3n) is 4.47. The van der Waals surface area contributed by atoms with Crippen LogP contribution in [0.4, 0.5) is 0 Å². The highest BCUT2D eigenvalue weighted by molar-refractivity contribution is 14.0. The number of guanidine groups is 1. The molecule has 1 aromatic carbocycles. The number of hydrogen-bond acceptors (Lipinski definition) is 2. The number of likely N-dealkylation sites (N-methyl/N-ethyl adjacent to an activating group) is 1. The van der Waals surface area contributed by atoms with Crippen molar-refractivity contribution in [2.45, 2.75) is 45.2 Å². The van der Waals surface area contributed by atoms with E-state index in [9.17, 15) is 0 Å². The molecule has 1 aromatic rings. The highest BCUT2D eigenvalue weighted by atomic mass is 127. The topological polar surface area (TPSA) is 44.9 Å². The van der Waals surface area contributed by atoms with Gasteiger partial charge in [-0.05, 0) is 32.4 Å². The maximum absolute atomic E-state index is 6.18. The second-order valence-corrected chi connectivity index (χ2v) is 6.35. The van der Waals surface area contributed by atoms with Crippen molar-refractivity contribution in [3.63, 3.8) is 0 Å². The average Bonchev–Trinajstić information content (AvgIpc) is 2.82. The molecule has 1 aliphatic heterocycles. The van der Waals surface area contributed by atoms with Crippen LogP contribution in [0.1, 0.15) is 38.2 Å². The zero-order valence-electron chi connectivity index (χ0n) is 14.4. The molecule has 2 N–H and O–H groups in total. The van der Waals surface area contributed by atoms with Gasteiger partial charge in [0.1, 0.15) is 0 Å². The van der Waals surface area contributed by atoms with Crippen LogP contribution in [0.2, 0.25) is 0 Å². The molecular weight excluding hydrogens is 399 g/mol. The molecule has 0 aliphatic carbocycles. The van der Waals surface area contributed by atoms with Crippen LogP contribution in [-0.2, 0) is 6.54 Å². The van der Waals surface area contributed by atoms with Crippen molar-refractivity contribution in [2.75, 3.05) is 26.7 Å². The Morgan fingerprint density at radius 2 is 1.78 bits per heavy atom. The van der Waals surface area contributed by atoms with E-state index < -0.39 is 0 Å². The summed E-state index contributed by atoms with van der Waals surface area (Å²) in [5.74, 6) is 0.724. The molecule has 0 saturated carbocycles. The summed E-state index contributed by atoms with van der Waals surface area (Å²) in [4.78, 5) is 9.21. The van der Waals surface area contributed by atoms with E-state index in [4.69, 9.17) is 5.73 Å². The van der Waals surface area contributed by atoms with Crippen LogP contribution in [0.3, 0.4) is 0 Å². The van der Waals surface area contributed by atoms with Crippen molar-refractivity contribution in [3.05, 3.63) is 35.9 Å². The third kappa shape index (κ3) is 7.08. The van der Waals surface area contributed by atoms with Crippen molar-refractivity contribution in [1.29, 1.82) is 0 Å². The largest absolute Gasteiger partial charge is 0.370 e. The Hall–Kier alpha value is -0.820. The van der Waals surface area contributed by atoms with Crippen molar-refractivity contribution in [1.82, 2.24) is 9.80 Å². The molecule has 0 spiro atoms. The molecule has 1 unspecified atom stereocenters. The monoisotopic (exact) mass is 430 g/mol. The SMILES string of the molecule is CC(CN=C(N)N1CCCCCC1)N(C)Cc1ccccc1.I. The lowest BCUT2D eigenvalue weighted by molar-refractivity contribution is 0.254. The van der Waals surface area contributed by atoms with Crippen molar-refractivity contribution in [3.8, 4) is 0 Å². The van der Waals surface area contributed by atoms with Crippen molar-refractivity contribution >= 4 is 29.9 Å². The van der Waals surface area contributed by atoms with E-state index in [2.05, 4.69) is 59.1 Å². The van der Waals surface area contributed by atoms with E-state index in [0.717, 1.165) is 32.1 Å². The predicted octanol–water partition coefficient (Wildman–Crippen LogP) is 3.32. The molecule has 130 valence electrons. The second kappa shape index (κ2) is 10.9. The first kappa shape index (κ1) is 20.2. The van der Waals surface area contributed by atoms with Gasteiger partial charge >= 0.3 is 0 Å². The number of aliphatic imine (C=N–C) groups is 1. The van der Waals surface area contributed by atoms with E-state index in [0.29, 0.717) is 6.04 Å². The molecule has 4 nitrogen and oxygen atoms in total. The summed E-state index contributed by atoms with van der Waals surface area (Å²) in [6.07, 6.45) is 5.11. The van der Waals surface area contributed by atoms with Crippen LogP contribution >= 0.6 is 24.0 Å². The average molecular weight is 430 g/mol. The fourth-order valence-corrected chi connectivity index (χ4v) is 2.79. The van der Waals surface area contributed by atoms with Gasteiger partial charge < -0.3 is 10.6 Å². The zero-order valence-corrected chi connectivity index (χ0v) is 16.8. The standard InChI is InChI=1S/C18H30N4.HI/c1-16(21(2)15-17-10-6-5-7-11-17)14-20-18(19)22-12-8-3-4-9-13-22;/h5-7,10-11,16H,3-4,8-9,12-15H2,1-2H3,(H2,19,20);1H. The Balaban J connectivity index is 0.00000264. The van der Waals surface area contributed by atoms with E-state index in [-0.39, 0.29) is 24.0 Å². The van der Waals surface area contributed by atoms with Crippen LogP contribution in [0.5, 0.6) is 0 Å². The highest BCUT2D eigenvalue weighted by Gasteiger charge is 2.13. The van der Waals surface area contributed by atoms with E-state index in [1.165, 1.54) is 31.2 Å². The number of nitrogens with zero attached hydrogens (tertiary/aromatic N) is 3. The quantitative estimate of drug-likeness (QED) is 0.443. The van der Waals surface area contributed by atoms with Gasteiger partial charge in [-0.3, -0.25) is 9.89 Å². The van der Waals surface area contributed by atoms with Gasteiger partial charge in [-0.25, -0.2) is 0 Å². The molecule has 0 bridgehead atoms. The molecule has 1 fully saturated rings. The summed E-state index contributed by atoms with van der Waals surface area (Å²) in [6.45, 7) is 6.03. The number of rotatable bonds is 5. The summed E-state index contributed by atoms with van der Waals surface area (Å²) in [5, 5.41) is 0. The first-order chi connectivity index (χ1) is 10.7. The van der Waals surface area contributed by atoms with Gasteiger partial charge in [0.05, 0.1) is 6.54 Å². The molecule has 1 heterocycles. The first-order valence-electron chi connectivity index (χ1n) is 8.46. The Morgan fingerprint density at radius 3 is 2.39 bits per heavy atom. The number of likely N-dealkylation sites (tertiary alicyclic amines) is 1. The van der Waals surface area contributed by atoms with Crippen LogP contribution < -0.4 is 5.73 Å². The van der Waals surface area contributed by atoms with Crippen LogP contribution in [-0.4, -0.2) is 48.5 Å². The minimum Gasteiger partial charge on any atom is -0.370 e. The van der Waals surface area contributed by atoms with Crippen molar-refractivity contribution < 1.29 is 0 Å². The molecule has 2 rings (SSSR count). The number of hydrogen-bond donors (Lipinski definition) is 1. The predicted molar refractivity (Wildman–Crippen MR) is 109 cm³/mol. The molecule has 23 heavy (non-hydrogen) atoms. The lowest BCUT2D eigenvalue weighted by Gasteiger charge is -2.25. The minimum atomic E-state index is 0. The van der Waals surface area contributed by atoms with E-state index >= 15 is 0 Å². The Kier molecular flexibility index (Phi) is 9.55. The molecule has 1 atom stereocenters. The molecule has 0 aromatic heterocycles. The number of nitrogens with two attached hydrogens (primary N) is 1. The summed E-state index contributed by atoms with van der Waals surface area (Å²) in [7, 11) is 2.15. The van der Waals surface area contributed by atoms with Gasteiger partial charge in [-0.1, -0.05) is 43.2 Å². The lowest BCUT2D eigenvalue weighted by Crippen LogP contribution is -2.39. The smallest absolute Gasteiger partial charge is 0.191 e. The number of benzene rings is 1. The zero-order chi connectivity index (χ0) is 15.8. The molecule has 5 heteroatoms. The second-order valence-electron chi connectivity index (χ2n) is 6.35. The number of halogens is 1. The van der Waals surface area contributed by atoms with Crippen molar-refractivity contribution in [2.24, 2.45) is 10.7 Å². The van der Waals surface area contributed by atoms with Gasteiger partial charge in [-0.15, -0.1) is 24.0 Å². The summed E-state index contributed by atoms with van der Waals surface area (Å²) < 4.78 is 0. The van der Waals surface area contributed by atoms with E-state index in [1.54, 1.807) is 0 Å². The summed E-state index contributed by atoms with van der Waals surface area (Å²) in [5.41, 5.74) is 7.51. The third-order valence-corrected chi connectivity index (χ3v) is 4.47. The first-order valence-corrected chi connectivity index (χ1v) is 8.46. The van der Waals surface area contributed by atoms with Gasteiger partial charge in [0.25, 0.3) is 0 Å². The molecule has 0 amide bonds. The molecule has 1 saturated heterocycles. The maximum Gasteiger partial charge on any atom is 0.191 e. The Bertz CT molecular complexity index is 455. The van der Waals surface area contributed by atoms with Crippen LogP contribution in [0, 0.1) is 0 Å². The van der Waals surface area contributed by atoms with Gasteiger partial charge in [0, 0.05) is 25.7 Å².